The summed E-state index contributed by atoms with van der Waals surface area (Å²) in [5.41, 5.74) is 1.70. The number of carboxylic acid groups (broad SMARTS) is 1. The van der Waals surface area contributed by atoms with Gasteiger partial charge >= 0.3 is 5.97 Å². The van der Waals surface area contributed by atoms with Gasteiger partial charge in [-0.3, -0.25) is 9.59 Å². The number of hydrogen-bond donors (Lipinski definition) is 1. The normalized spacial score (nSPS) is 18.5. The van der Waals surface area contributed by atoms with Gasteiger partial charge in [-0.2, -0.15) is 0 Å². The Bertz CT molecular complexity index is 1030. The second kappa shape index (κ2) is 10.0. The van der Waals surface area contributed by atoms with Crippen LogP contribution in [0.4, 0.5) is 5.69 Å². The number of carboxylic acids is 1. The molecular weight excluding hydrogens is 446 g/mol. The van der Waals surface area contributed by atoms with Crippen molar-refractivity contribution in [1.29, 1.82) is 0 Å². The number of halogens is 1. The van der Waals surface area contributed by atoms with Gasteiger partial charge in [-0.05, 0) is 42.7 Å². The molecule has 1 heterocycles. The number of anilines is 1. The Labute approximate surface area is 199 Å². The first kappa shape index (κ1) is 24.9. The highest BCUT2D eigenvalue weighted by molar-refractivity contribution is 6.30. The number of nitrogens with zero attached hydrogens (tertiary/aromatic N) is 1. The van der Waals surface area contributed by atoms with Crippen LogP contribution in [0.5, 0.6) is 11.5 Å². The van der Waals surface area contributed by atoms with Crippen LogP contribution in [-0.4, -0.2) is 43.3 Å². The van der Waals surface area contributed by atoms with Gasteiger partial charge in [0.15, 0.2) is 0 Å². The summed E-state index contributed by atoms with van der Waals surface area (Å²) in [6, 6.07) is 10.6. The van der Waals surface area contributed by atoms with E-state index < -0.39 is 30.5 Å². The van der Waals surface area contributed by atoms with Crippen LogP contribution in [0, 0.1) is 5.41 Å². The number of methoxy groups -OCH3 is 1. The zero-order valence-electron chi connectivity index (χ0n) is 19.6. The predicted molar refractivity (Wildman–Crippen MR) is 126 cm³/mol. The minimum Gasteiger partial charge on any atom is -0.496 e. The minimum atomic E-state index is -1.18. The number of carbonyl (C=O) groups is 2. The summed E-state index contributed by atoms with van der Waals surface area (Å²) < 4.78 is 17.4. The van der Waals surface area contributed by atoms with E-state index in [-0.39, 0.29) is 5.41 Å². The molecule has 0 fully saturated rings. The number of rotatable bonds is 7. The van der Waals surface area contributed by atoms with E-state index in [1.807, 2.05) is 27.7 Å². The maximum Gasteiger partial charge on any atom is 0.306 e. The highest BCUT2D eigenvalue weighted by Gasteiger charge is 2.39. The van der Waals surface area contributed by atoms with Crippen LogP contribution in [0.1, 0.15) is 51.3 Å². The zero-order chi connectivity index (χ0) is 24.3. The Morgan fingerprint density at radius 1 is 1.18 bits per heavy atom. The van der Waals surface area contributed by atoms with Crippen LogP contribution in [0.25, 0.3) is 0 Å². The van der Waals surface area contributed by atoms with Gasteiger partial charge < -0.3 is 24.2 Å². The van der Waals surface area contributed by atoms with Gasteiger partial charge in [0.1, 0.15) is 23.7 Å². The summed E-state index contributed by atoms with van der Waals surface area (Å²) in [6.07, 6.45) is -2.42. The average Bonchev–Trinajstić information content (AvgIpc) is 2.83. The number of fused-ring (bicyclic) bond motifs is 1. The van der Waals surface area contributed by atoms with Gasteiger partial charge in [0.05, 0.1) is 20.1 Å². The molecule has 1 amide bonds. The smallest absolute Gasteiger partial charge is 0.306 e. The number of aliphatic carboxylic acids is 1. The first-order chi connectivity index (χ1) is 15.5. The topological polar surface area (TPSA) is 85.3 Å². The van der Waals surface area contributed by atoms with Crippen LogP contribution in [-0.2, 0) is 14.3 Å². The van der Waals surface area contributed by atoms with Gasteiger partial charge in [0.2, 0.25) is 0 Å². The molecule has 3 rings (SSSR count). The number of carbonyl (C=O) groups excluding carboxylic acids is 1. The Kier molecular flexibility index (Phi) is 7.55. The summed E-state index contributed by atoms with van der Waals surface area (Å²) in [6.45, 7) is 8.81. The Morgan fingerprint density at radius 3 is 2.52 bits per heavy atom. The molecule has 1 aliphatic heterocycles. The van der Waals surface area contributed by atoms with E-state index in [2.05, 4.69) is 0 Å². The monoisotopic (exact) mass is 475 g/mol. The van der Waals surface area contributed by atoms with Gasteiger partial charge in [0.25, 0.3) is 5.91 Å². The zero-order valence-corrected chi connectivity index (χ0v) is 20.3. The molecule has 2 aromatic rings. The standard InChI is InChI=1S/C25H30ClNO6/c1-6-32-16-8-9-17(20(12-16)31-5)23-18-11-15(26)7-10-19(18)27(14-25(2,3)4)24(30)21(33-23)13-22(28)29/h7-12,21,23H,6,13-14H2,1-5H3,(H,28,29)/t21-,23-/m0/s1. The Hall–Kier alpha value is -2.77. The van der Waals surface area contributed by atoms with Crippen LogP contribution in [0.3, 0.4) is 0 Å². The molecular formula is C25H30ClNO6. The van der Waals surface area contributed by atoms with Crippen LogP contribution in [0.15, 0.2) is 36.4 Å². The van der Waals surface area contributed by atoms with Crippen molar-refractivity contribution in [2.75, 3.05) is 25.2 Å². The van der Waals surface area contributed by atoms with Crippen molar-refractivity contribution in [3.63, 3.8) is 0 Å². The van der Waals surface area contributed by atoms with Crippen LogP contribution >= 0.6 is 11.6 Å². The number of amides is 1. The van der Waals surface area contributed by atoms with Gasteiger partial charge in [-0.15, -0.1) is 0 Å². The molecule has 0 spiro atoms. The lowest BCUT2D eigenvalue weighted by atomic mass is 9.94. The first-order valence-electron chi connectivity index (χ1n) is 10.8. The van der Waals surface area contributed by atoms with E-state index in [4.69, 9.17) is 25.8 Å². The number of hydrogen-bond acceptors (Lipinski definition) is 5. The lowest BCUT2D eigenvalue weighted by Gasteiger charge is -2.31. The summed E-state index contributed by atoms with van der Waals surface area (Å²) in [4.78, 5) is 26.8. The lowest BCUT2D eigenvalue weighted by molar-refractivity contribution is -0.147. The molecule has 0 saturated carbocycles. The van der Waals surface area contributed by atoms with E-state index in [0.717, 1.165) is 0 Å². The second-order valence-corrected chi connectivity index (χ2v) is 9.56. The fourth-order valence-electron chi connectivity index (χ4n) is 3.91. The molecule has 8 heteroatoms. The molecule has 33 heavy (non-hydrogen) atoms. The summed E-state index contributed by atoms with van der Waals surface area (Å²) in [7, 11) is 1.54. The van der Waals surface area contributed by atoms with Gasteiger partial charge in [-0.1, -0.05) is 32.4 Å². The summed E-state index contributed by atoms with van der Waals surface area (Å²) >= 11 is 6.36. The molecule has 2 atom stereocenters. The quantitative estimate of drug-likeness (QED) is 0.600. The third kappa shape index (κ3) is 5.78. The number of ether oxygens (including phenoxy) is 3. The maximum absolute atomic E-state index is 13.5. The van der Waals surface area contributed by atoms with E-state index in [1.54, 1.807) is 41.3 Å². The largest absolute Gasteiger partial charge is 0.496 e. The third-order valence-electron chi connectivity index (χ3n) is 5.20. The maximum atomic E-state index is 13.5. The molecule has 0 bridgehead atoms. The van der Waals surface area contributed by atoms with E-state index in [0.29, 0.717) is 46.5 Å². The van der Waals surface area contributed by atoms with E-state index in [9.17, 15) is 14.7 Å². The van der Waals surface area contributed by atoms with Gasteiger partial charge in [0, 0.05) is 34.4 Å². The fraction of sp³-hybridized carbons (Fsp3) is 0.440. The van der Waals surface area contributed by atoms with Crippen molar-refractivity contribution in [2.24, 2.45) is 5.41 Å². The Balaban J connectivity index is 2.22. The van der Waals surface area contributed by atoms with Crippen molar-refractivity contribution in [1.82, 2.24) is 0 Å². The number of benzene rings is 2. The van der Waals surface area contributed by atoms with Crippen LogP contribution < -0.4 is 14.4 Å². The van der Waals surface area contributed by atoms with Crippen molar-refractivity contribution < 1.29 is 28.9 Å². The lowest BCUT2D eigenvalue weighted by Crippen LogP contribution is -2.44. The van der Waals surface area contributed by atoms with Crippen LogP contribution in [0.2, 0.25) is 5.02 Å². The molecule has 2 aromatic carbocycles. The average molecular weight is 476 g/mol. The summed E-state index contributed by atoms with van der Waals surface area (Å²) in [5.74, 6) is -0.387. The Morgan fingerprint density at radius 2 is 1.91 bits per heavy atom. The highest BCUT2D eigenvalue weighted by Crippen LogP contribution is 2.44. The third-order valence-corrected chi connectivity index (χ3v) is 5.43. The molecule has 0 aliphatic carbocycles. The molecule has 0 aromatic heterocycles. The van der Waals surface area contributed by atoms with Gasteiger partial charge in [-0.25, -0.2) is 0 Å². The molecule has 1 N–H and O–H groups in total. The molecule has 7 nitrogen and oxygen atoms in total. The molecule has 0 radical (unpaired) electrons. The fourth-order valence-corrected chi connectivity index (χ4v) is 4.09. The van der Waals surface area contributed by atoms with Crippen molar-refractivity contribution in [3.05, 3.63) is 52.5 Å². The van der Waals surface area contributed by atoms with Crippen molar-refractivity contribution in [2.45, 2.75) is 46.3 Å². The molecule has 178 valence electrons. The molecule has 0 unspecified atom stereocenters. The highest BCUT2D eigenvalue weighted by atomic mass is 35.5. The van der Waals surface area contributed by atoms with Crippen molar-refractivity contribution >= 4 is 29.2 Å². The van der Waals surface area contributed by atoms with E-state index in [1.165, 1.54) is 7.11 Å². The second-order valence-electron chi connectivity index (χ2n) is 9.13. The SMILES string of the molecule is CCOc1ccc([C@@H]2O[C@@H](CC(=O)O)C(=O)N(CC(C)(C)C)c3ccc(Cl)cc32)c(OC)c1. The van der Waals surface area contributed by atoms with Crippen molar-refractivity contribution in [3.8, 4) is 11.5 Å². The van der Waals surface area contributed by atoms with E-state index >= 15 is 0 Å². The first-order valence-corrected chi connectivity index (χ1v) is 11.2. The predicted octanol–water partition coefficient (Wildman–Crippen LogP) is 5.09. The molecule has 0 saturated heterocycles. The summed E-state index contributed by atoms with van der Waals surface area (Å²) in [5, 5.41) is 9.97. The minimum absolute atomic E-state index is 0.239. The molecule has 1 aliphatic rings.